The summed E-state index contributed by atoms with van der Waals surface area (Å²) in [6.45, 7) is 1.16. The molecule has 1 aromatic heterocycles. The van der Waals surface area contributed by atoms with Gasteiger partial charge >= 0.3 is 0 Å². The number of halogens is 1. The number of hydrogen-bond acceptors (Lipinski definition) is 4. The third-order valence-electron chi connectivity index (χ3n) is 2.94. The third kappa shape index (κ3) is 4.37. The molecule has 2 rings (SSSR count). The van der Waals surface area contributed by atoms with E-state index in [2.05, 4.69) is 15.3 Å². The molecule has 2 aromatic rings. The van der Waals surface area contributed by atoms with Gasteiger partial charge in [-0.15, -0.1) is 12.4 Å². The summed E-state index contributed by atoms with van der Waals surface area (Å²) in [5.74, 6) is 0.476. The Morgan fingerprint density at radius 1 is 1.41 bits per heavy atom. The molecule has 1 amide bonds. The molecular weight excluding hydrogens is 306 g/mol. The van der Waals surface area contributed by atoms with Gasteiger partial charge in [-0.2, -0.15) is 0 Å². The van der Waals surface area contributed by atoms with Crippen molar-refractivity contribution >= 4 is 35.2 Å². The molecule has 120 valence electrons. The van der Waals surface area contributed by atoms with E-state index in [1.807, 2.05) is 18.2 Å². The molecule has 0 spiro atoms. The molecule has 6 N–H and O–H groups in total. The van der Waals surface area contributed by atoms with Crippen LogP contribution >= 0.6 is 12.4 Å². The Bertz CT molecular complexity index is 668. The van der Waals surface area contributed by atoms with Gasteiger partial charge in [0.05, 0.1) is 6.61 Å². The van der Waals surface area contributed by atoms with Gasteiger partial charge in [0.15, 0.2) is 5.96 Å². The van der Waals surface area contributed by atoms with Crippen molar-refractivity contribution < 1.29 is 9.53 Å². The predicted molar refractivity (Wildman–Crippen MR) is 89.7 cm³/mol. The van der Waals surface area contributed by atoms with E-state index in [4.69, 9.17) is 16.2 Å². The largest absolute Gasteiger partial charge is 0.493 e. The van der Waals surface area contributed by atoms with E-state index in [0.717, 1.165) is 23.1 Å². The minimum absolute atomic E-state index is 0. The highest BCUT2D eigenvalue weighted by molar-refractivity contribution is 6.06. The molecule has 0 bridgehead atoms. The minimum Gasteiger partial charge on any atom is -0.493 e. The van der Waals surface area contributed by atoms with Gasteiger partial charge in [-0.25, -0.2) is 0 Å². The number of nitrogens with one attached hydrogen (secondary N) is 2. The van der Waals surface area contributed by atoms with E-state index >= 15 is 0 Å². The number of guanidine groups is 1. The molecule has 8 heteroatoms. The first-order chi connectivity index (χ1) is 10.1. The standard InChI is InChI=1S/C14H19N5O2.ClH/c1-17-14(16)19-13(20)12-7-9-3-4-10(8-11(9)18-12)21-6-2-5-15;/h3-4,7-8,18H,2,5-6,15H2,1H3,(H3,16,17,19,20);1H. The van der Waals surface area contributed by atoms with Crippen molar-refractivity contribution in [2.75, 3.05) is 20.2 Å². The van der Waals surface area contributed by atoms with Gasteiger partial charge in [-0.3, -0.25) is 15.1 Å². The predicted octanol–water partition coefficient (Wildman–Crippen LogP) is 0.992. The van der Waals surface area contributed by atoms with Gasteiger partial charge < -0.3 is 21.2 Å². The van der Waals surface area contributed by atoms with Gasteiger partial charge in [-0.05, 0) is 31.2 Å². The Morgan fingerprint density at radius 3 is 2.86 bits per heavy atom. The summed E-state index contributed by atoms with van der Waals surface area (Å²) in [5, 5.41) is 3.39. The Hall–Kier alpha value is -2.25. The third-order valence-corrected chi connectivity index (χ3v) is 2.94. The maximum Gasteiger partial charge on any atom is 0.274 e. The van der Waals surface area contributed by atoms with Crippen molar-refractivity contribution in [1.29, 1.82) is 0 Å². The first kappa shape index (κ1) is 17.8. The molecule has 0 fully saturated rings. The van der Waals surface area contributed by atoms with Crippen molar-refractivity contribution in [2.45, 2.75) is 6.42 Å². The Labute approximate surface area is 134 Å². The van der Waals surface area contributed by atoms with Crippen LogP contribution in [0.4, 0.5) is 0 Å². The Balaban J connectivity index is 0.00000242. The number of aromatic amines is 1. The van der Waals surface area contributed by atoms with Gasteiger partial charge in [0.2, 0.25) is 0 Å². The molecule has 0 aliphatic heterocycles. The number of ether oxygens (including phenoxy) is 1. The summed E-state index contributed by atoms with van der Waals surface area (Å²) < 4.78 is 5.57. The Morgan fingerprint density at radius 2 is 2.18 bits per heavy atom. The highest BCUT2D eigenvalue weighted by atomic mass is 35.5. The van der Waals surface area contributed by atoms with Gasteiger partial charge in [0.25, 0.3) is 5.91 Å². The first-order valence-corrected chi connectivity index (χ1v) is 6.63. The molecule has 0 saturated carbocycles. The van der Waals surface area contributed by atoms with E-state index in [1.54, 1.807) is 6.07 Å². The van der Waals surface area contributed by atoms with Crippen LogP contribution in [0.3, 0.4) is 0 Å². The highest BCUT2D eigenvalue weighted by Gasteiger charge is 2.10. The number of aliphatic imine (C=N–C) groups is 1. The van der Waals surface area contributed by atoms with Crippen LogP contribution in [0, 0.1) is 0 Å². The average Bonchev–Trinajstić information content (AvgIpc) is 2.90. The zero-order chi connectivity index (χ0) is 15.2. The summed E-state index contributed by atoms with van der Waals surface area (Å²) in [7, 11) is 1.51. The number of nitrogens with two attached hydrogens (primary N) is 2. The smallest absolute Gasteiger partial charge is 0.274 e. The molecule has 1 aromatic carbocycles. The number of amides is 1. The van der Waals surface area contributed by atoms with E-state index in [-0.39, 0.29) is 24.3 Å². The number of benzene rings is 1. The van der Waals surface area contributed by atoms with Crippen LogP contribution in [-0.4, -0.2) is 37.1 Å². The number of fused-ring (bicyclic) bond motifs is 1. The summed E-state index contributed by atoms with van der Waals surface area (Å²) in [4.78, 5) is 18.6. The van der Waals surface area contributed by atoms with Crippen LogP contribution in [0.2, 0.25) is 0 Å². The molecule has 0 aliphatic rings. The zero-order valence-corrected chi connectivity index (χ0v) is 13.1. The number of aromatic nitrogens is 1. The fourth-order valence-corrected chi connectivity index (χ4v) is 1.83. The number of nitrogens with zero attached hydrogens (tertiary/aromatic N) is 1. The summed E-state index contributed by atoms with van der Waals surface area (Å²) >= 11 is 0. The van der Waals surface area contributed by atoms with Crippen LogP contribution in [0.15, 0.2) is 29.3 Å². The number of carbonyl (C=O) groups is 1. The van der Waals surface area contributed by atoms with Crippen molar-refractivity contribution in [1.82, 2.24) is 10.3 Å². The van der Waals surface area contributed by atoms with Crippen LogP contribution in [0.1, 0.15) is 16.9 Å². The highest BCUT2D eigenvalue weighted by Crippen LogP contribution is 2.21. The Kier molecular flexibility index (Phi) is 6.68. The molecule has 0 atom stereocenters. The fourth-order valence-electron chi connectivity index (χ4n) is 1.83. The second-order valence-corrected chi connectivity index (χ2v) is 4.49. The zero-order valence-electron chi connectivity index (χ0n) is 12.3. The van der Waals surface area contributed by atoms with E-state index < -0.39 is 0 Å². The van der Waals surface area contributed by atoms with Crippen molar-refractivity contribution in [3.8, 4) is 5.75 Å². The molecule has 1 heterocycles. The topological polar surface area (TPSA) is 119 Å². The van der Waals surface area contributed by atoms with Gasteiger partial charge in [-0.1, -0.05) is 0 Å². The fraction of sp³-hybridized carbons (Fsp3) is 0.286. The summed E-state index contributed by atoms with van der Waals surface area (Å²) in [5.41, 5.74) is 12.1. The number of rotatable bonds is 5. The number of hydrogen-bond donors (Lipinski definition) is 4. The average molecular weight is 326 g/mol. The summed E-state index contributed by atoms with van der Waals surface area (Å²) in [6.07, 6.45) is 0.798. The molecule has 0 radical (unpaired) electrons. The monoisotopic (exact) mass is 325 g/mol. The molecule has 0 unspecified atom stereocenters. The number of H-pyrrole nitrogens is 1. The molecule has 0 aliphatic carbocycles. The SMILES string of the molecule is CN=C(N)NC(=O)c1cc2ccc(OCCCN)cc2[nH]1.Cl. The lowest BCUT2D eigenvalue weighted by Gasteiger charge is -2.04. The van der Waals surface area contributed by atoms with Crippen LogP contribution in [0.25, 0.3) is 10.9 Å². The number of carbonyl (C=O) groups excluding carboxylic acids is 1. The van der Waals surface area contributed by atoms with Crippen molar-refractivity contribution in [2.24, 2.45) is 16.5 Å². The second kappa shape index (κ2) is 8.26. The van der Waals surface area contributed by atoms with E-state index in [9.17, 15) is 4.79 Å². The van der Waals surface area contributed by atoms with E-state index in [0.29, 0.717) is 18.8 Å². The van der Waals surface area contributed by atoms with Gasteiger partial charge in [0.1, 0.15) is 11.4 Å². The molecule has 22 heavy (non-hydrogen) atoms. The van der Waals surface area contributed by atoms with Crippen LogP contribution in [-0.2, 0) is 0 Å². The molecule has 0 saturated heterocycles. The lowest BCUT2D eigenvalue weighted by atomic mass is 10.2. The first-order valence-electron chi connectivity index (χ1n) is 6.63. The minimum atomic E-state index is -0.333. The van der Waals surface area contributed by atoms with Gasteiger partial charge in [0, 0.05) is 24.0 Å². The van der Waals surface area contributed by atoms with Crippen molar-refractivity contribution in [3.05, 3.63) is 30.0 Å². The lowest BCUT2D eigenvalue weighted by molar-refractivity contribution is 0.0972. The lowest BCUT2D eigenvalue weighted by Crippen LogP contribution is -2.36. The second-order valence-electron chi connectivity index (χ2n) is 4.49. The normalized spacial score (nSPS) is 11.1. The summed E-state index contributed by atoms with van der Waals surface area (Å²) in [6, 6.07) is 7.34. The van der Waals surface area contributed by atoms with E-state index in [1.165, 1.54) is 7.05 Å². The van der Waals surface area contributed by atoms with Crippen LogP contribution in [0.5, 0.6) is 5.75 Å². The van der Waals surface area contributed by atoms with Crippen molar-refractivity contribution in [3.63, 3.8) is 0 Å². The quantitative estimate of drug-likeness (QED) is 0.372. The maximum atomic E-state index is 11.9. The molecular formula is C14H20ClN5O2. The maximum absolute atomic E-state index is 11.9. The van der Waals surface area contributed by atoms with Crippen LogP contribution < -0.4 is 21.5 Å². The molecule has 7 nitrogen and oxygen atoms in total.